The molecule has 2 heteroatoms. The maximum absolute atomic E-state index is 5.78. The molecule has 21 heavy (non-hydrogen) atoms. The summed E-state index contributed by atoms with van der Waals surface area (Å²) in [5.41, 5.74) is 1.28. The number of aryl methyl sites for hydroxylation is 1. The van der Waals surface area contributed by atoms with E-state index in [4.69, 9.17) is 4.74 Å². The number of hydrogen-bond donors (Lipinski definition) is 0. The summed E-state index contributed by atoms with van der Waals surface area (Å²) in [6.45, 7) is 5.29. The second kappa shape index (κ2) is 13.2. The molecule has 1 heterocycles. The van der Waals surface area contributed by atoms with Gasteiger partial charge in [0.2, 0.25) is 0 Å². The van der Waals surface area contributed by atoms with Crippen LogP contribution in [0, 0.1) is 6.92 Å². The first kappa shape index (κ1) is 18.5. The fourth-order valence-corrected chi connectivity index (χ4v) is 3.39. The molecule has 0 radical (unpaired) electrons. The van der Waals surface area contributed by atoms with Gasteiger partial charge in [0.25, 0.3) is 0 Å². The van der Waals surface area contributed by atoms with Crippen molar-refractivity contribution in [2.24, 2.45) is 0 Å². The minimum absolute atomic E-state index is 0.884. The zero-order valence-electron chi connectivity index (χ0n) is 14.2. The van der Waals surface area contributed by atoms with Gasteiger partial charge in [-0.1, -0.05) is 77.6 Å². The molecule has 0 aromatic carbocycles. The van der Waals surface area contributed by atoms with Crippen molar-refractivity contribution in [2.45, 2.75) is 90.9 Å². The molecular formula is C19H34OS. The van der Waals surface area contributed by atoms with Crippen LogP contribution >= 0.6 is 11.3 Å². The van der Waals surface area contributed by atoms with Crippen molar-refractivity contribution in [2.75, 3.05) is 6.61 Å². The first-order valence-electron chi connectivity index (χ1n) is 9.00. The van der Waals surface area contributed by atoms with Gasteiger partial charge >= 0.3 is 0 Å². The third-order valence-corrected chi connectivity index (χ3v) is 4.90. The van der Waals surface area contributed by atoms with E-state index in [1.807, 2.05) is 0 Å². The van der Waals surface area contributed by atoms with Crippen LogP contribution in [-0.2, 0) is 0 Å². The Balaban J connectivity index is 1.76. The van der Waals surface area contributed by atoms with E-state index in [0.29, 0.717) is 0 Å². The Morgan fingerprint density at radius 1 is 0.762 bits per heavy atom. The minimum Gasteiger partial charge on any atom is -0.492 e. The third-order valence-electron chi connectivity index (χ3n) is 4.06. The molecular weight excluding hydrogens is 276 g/mol. The first-order valence-corrected chi connectivity index (χ1v) is 9.94. The SMILES string of the molecule is CCCCCCCCCCCCCCOc1cscc1C. The molecule has 0 amide bonds. The summed E-state index contributed by atoms with van der Waals surface area (Å²) in [5, 5.41) is 4.26. The second-order valence-electron chi connectivity index (χ2n) is 6.16. The largest absolute Gasteiger partial charge is 0.492 e. The average molecular weight is 311 g/mol. The van der Waals surface area contributed by atoms with E-state index in [1.165, 1.54) is 82.6 Å². The van der Waals surface area contributed by atoms with Gasteiger partial charge < -0.3 is 4.74 Å². The standard InChI is InChI=1S/C19H34OS/c1-3-4-5-6-7-8-9-10-11-12-13-14-15-20-19-17-21-16-18(19)2/h16-17H,3-15H2,1-2H3. The van der Waals surface area contributed by atoms with Crippen LogP contribution in [0.2, 0.25) is 0 Å². The zero-order valence-corrected chi connectivity index (χ0v) is 15.0. The Hall–Kier alpha value is -0.500. The molecule has 1 nitrogen and oxygen atoms in total. The Labute approximate surface area is 136 Å². The van der Waals surface area contributed by atoms with Crippen LogP contribution in [0.3, 0.4) is 0 Å². The quantitative estimate of drug-likeness (QED) is 0.332. The summed E-state index contributed by atoms with van der Waals surface area (Å²) in [5.74, 6) is 1.09. The molecule has 0 saturated heterocycles. The van der Waals surface area contributed by atoms with Gasteiger partial charge in [0.15, 0.2) is 0 Å². The Morgan fingerprint density at radius 2 is 1.29 bits per heavy atom. The van der Waals surface area contributed by atoms with Gasteiger partial charge in [-0.25, -0.2) is 0 Å². The van der Waals surface area contributed by atoms with Crippen LogP contribution < -0.4 is 4.74 Å². The molecule has 0 saturated carbocycles. The number of hydrogen-bond acceptors (Lipinski definition) is 2. The number of ether oxygens (including phenoxy) is 1. The van der Waals surface area contributed by atoms with Gasteiger partial charge in [0, 0.05) is 10.9 Å². The van der Waals surface area contributed by atoms with Gasteiger partial charge in [-0.05, 0) is 18.7 Å². The lowest BCUT2D eigenvalue weighted by Gasteiger charge is -2.05. The molecule has 1 rings (SSSR count). The molecule has 1 aromatic heterocycles. The molecule has 0 aliphatic rings. The van der Waals surface area contributed by atoms with Crippen LogP contribution in [0.1, 0.15) is 89.5 Å². The Kier molecular flexibility index (Phi) is 11.6. The van der Waals surface area contributed by atoms with E-state index in [2.05, 4.69) is 24.6 Å². The van der Waals surface area contributed by atoms with E-state index in [0.717, 1.165) is 12.4 Å². The first-order chi connectivity index (χ1) is 10.3. The summed E-state index contributed by atoms with van der Waals surface area (Å²) in [7, 11) is 0. The Bertz CT molecular complexity index is 332. The molecule has 0 aliphatic carbocycles. The summed E-state index contributed by atoms with van der Waals surface area (Å²) >= 11 is 1.73. The molecule has 0 spiro atoms. The summed E-state index contributed by atoms with van der Waals surface area (Å²) in [6, 6.07) is 0. The monoisotopic (exact) mass is 310 g/mol. The fourth-order valence-electron chi connectivity index (χ4n) is 2.62. The van der Waals surface area contributed by atoms with E-state index >= 15 is 0 Å². The van der Waals surface area contributed by atoms with Crippen molar-refractivity contribution in [1.29, 1.82) is 0 Å². The highest BCUT2D eigenvalue weighted by atomic mass is 32.1. The minimum atomic E-state index is 0.884. The number of unbranched alkanes of at least 4 members (excludes halogenated alkanes) is 11. The highest BCUT2D eigenvalue weighted by Gasteiger charge is 1.99. The molecule has 0 atom stereocenters. The lowest BCUT2D eigenvalue weighted by Crippen LogP contribution is -1.97. The van der Waals surface area contributed by atoms with Gasteiger partial charge in [-0.2, -0.15) is 0 Å². The maximum Gasteiger partial charge on any atom is 0.132 e. The Morgan fingerprint density at radius 3 is 1.76 bits per heavy atom. The van der Waals surface area contributed by atoms with Crippen molar-refractivity contribution >= 4 is 11.3 Å². The van der Waals surface area contributed by atoms with Crippen molar-refractivity contribution in [3.05, 3.63) is 16.3 Å². The lowest BCUT2D eigenvalue weighted by atomic mass is 10.1. The molecule has 1 aromatic rings. The molecule has 0 bridgehead atoms. The van der Waals surface area contributed by atoms with Crippen molar-refractivity contribution in [3.8, 4) is 5.75 Å². The normalized spacial score (nSPS) is 11.0. The van der Waals surface area contributed by atoms with Crippen LogP contribution in [0.5, 0.6) is 5.75 Å². The van der Waals surface area contributed by atoms with Crippen LogP contribution in [-0.4, -0.2) is 6.61 Å². The van der Waals surface area contributed by atoms with Gasteiger partial charge in [-0.3, -0.25) is 0 Å². The molecule has 0 fully saturated rings. The molecule has 122 valence electrons. The summed E-state index contributed by atoms with van der Waals surface area (Å²) < 4.78 is 5.78. The van der Waals surface area contributed by atoms with Crippen LogP contribution in [0.15, 0.2) is 10.8 Å². The maximum atomic E-state index is 5.78. The van der Waals surface area contributed by atoms with Crippen LogP contribution in [0.4, 0.5) is 0 Å². The van der Waals surface area contributed by atoms with Crippen molar-refractivity contribution < 1.29 is 4.74 Å². The predicted octanol–water partition coefficient (Wildman–Crippen LogP) is 7.14. The van der Waals surface area contributed by atoms with E-state index in [-0.39, 0.29) is 0 Å². The summed E-state index contributed by atoms with van der Waals surface area (Å²) in [4.78, 5) is 0. The van der Waals surface area contributed by atoms with E-state index in [9.17, 15) is 0 Å². The predicted molar refractivity (Wildman–Crippen MR) is 95.6 cm³/mol. The average Bonchev–Trinajstić information content (AvgIpc) is 2.89. The third kappa shape index (κ3) is 9.95. The highest BCUT2D eigenvalue weighted by molar-refractivity contribution is 7.08. The van der Waals surface area contributed by atoms with Gasteiger partial charge in [0.05, 0.1) is 6.61 Å². The topological polar surface area (TPSA) is 9.23 Å². The zero-order chi connectivity index (χ0) is 15.2. The number of thiophene rings is 1. The highest BCUT2D eigenvalue weighted by Crippen LogP contribution is 2.22. The van der Waals surface area contributed by atoms with Crippen LogP contribution in [0.25, 0.3) is 0 Å². The fraction of sp³-hybridized carbons (Fsp3) is 0.789. The molecule has 0 N–H and O–H groups in total. The summed E-state index contributed by atoms with van der Waals surface area (Å²) in [6.07, 6.45) is 16.8. The van der Waals surface area contributed by atoms with E-state index in [1.54, 1.807) is 11.3 Å². The lowest BCUT2D eigenvalue weighted by molar-refractivity contribution is 0.303. The van der Waals surface area contributed by atoms with Gasteiger partial charge in [-0.15, -0.1) is 11.3 Å². The smallest absolute Gasteiger partial charge is 0.132 e. The van der Waals surface area contributed by atoms with E-state index < -0.39 is 0 Å². The van der Waals surface area contributed by atoms with Crippen molar-refractivity contribution in [3.63, 3.8) is 0 Å². The second-order valence-corrected chi connectivity index (χ2v) is 6.90. The van der Waals surface area contributed by atoms with Crippen molar-refractivity contribution in [1.82, 2.24) is 0 Å². The van der Waals surface area contributed by atoms with Gasteiger partial charge in [0.1, 0.15) is 5.75 Å². The molecule has 0 aliphatic heterocycles. The molecule has 0 unspecified atom stereocenters. The number of rotatable bonds is 14.